The SMILES string of the molecule is CSC1CCCC2C1OC1C2C(C)CCC1N(C1=C2C=CCCC2(C)C2C(=C1)C1(C3=C2CCC(N(C2CCC(F)CC2)C2CCCC4C5CCCC([S+](C)C)C5OC42)=C3)C2C#CCCC2C(C)(C)C2CCCCC21)C1CCC(F)CC1. The second-order valence-corrected chi connectivity index (χ2v) is 34.8. The zero-order chi connectivity index (χ0) is 55.3. The van der Waals surface area contributed by atoms with Gasteiger partial charge in [-0.1, -0.05) is 77.0 Å². The van der Waals surface area contributed by atoms with Crippen LogP contribution in [-0.4, -0.2) is 100.0 Å². The van der Waals surface area contributed by atoms with E-state index in [2.05, 4.69) is 104 Å². The summed E-state index contributed by atoms with van der Waals surface area (Å²) in [7, 11) is 0.343. The molecule has 13 aliphatic carbocycles. The molecule has 2 saturated heterocycles. The van der Waals surface area contributed by atoms with Crippen molar-refractivity contribution < 1.29 is 18.3 Å². The first-order chi connectivity index (χ1) is 39.3. The standard InChI is InChI=1S/C73H105F2N2O2S2/c1-43-28-39-61(70-65(43)52-19-15-26-63(80-5)68(52)79-70)77(47-35-31-45(75)32-36-47)62-42-59-66(72(4)40-13-12-24-57(62)72)51-38-37-48(41-58(51)73(59)55-22-10-8-20-53(55)71(2,3)54-21-9-11-23-56(54)73)76(46-33-29-44(74)30-34-46)60-25-14-17-49-50-18-16-27-64(81(6)7)69(50)78-67(49)60/h12,24,41-47,49-50,52-56,60-61,63-70H,8-10,13-22,25-40H2,1-7H3/q+1. The number of hydrogen-bond donors (Lipinski definition) is 0. The van der Waals surface area contributed by atoms with Gasteiger partial charge in [0.1, 0.15) is 23.7 Å². The van der Waals surface area contributed by atoms with Gasteiger partial charge in [0.05, 0.1) is 42.9 Å². The number of nitrogens with zero attached hydrogens (tertiary/aromatic N) is 2. The number of thioether (sulfide) groups is 1. The Balaban J connectivity index is 0.922. The third kappa shape index (κ3) is 8.60. The van der Waals surface area contributed by atoms with E-state index in [1.807, 2.05) is 0 Å². The minimum absolute atomic E-state index is 0.0684. The third-order valence-corrected chi connectivity index (χ3v) is 30.4. The average Bonchev–Trinajstić information content (AvgIpc) is 4.24. The van der Waals surface area contributed by atoms with Gasteiger partial charge in [-0.2, -0.15) is 11.8 Å². The molecule has 15 aliphatic rings. The first kappa shape index (κ1) is 55.9. The number of fused-ring (bicyclic) bond motifs is 16. The van der Waals surface area contributed by atoms with E-state index < -0.39 is 12.3 Å². The van der Waals surface area contributed by atoms with Crippen molar-refractivity contribution in [2.75, 3.05) is 18.8 Å². The monoisotopic (exact) mass is 1140 g/mol. The summed E-state index contributed by atoms with van der Waals surface area (Å²) in [6.45, 7) is 10.8. The number of ether oxygens (including phenoxy) is 2. The van der Waals surface area contributed by atoms with E-state index in [-0.39, 0.29) is 34.4 Å². The van der Waals surface area contributed by atoms with Gasteiger partial charge in [-0.25, -0.2) is 8.78 Å². The molecule has 0 radical (unpaired) electrons. The normalized spacial score (nSPS) is 49.4. The van der Waals surface area contributed by atoms with E-state index in [0.717, 1.165) is 51.4 Å². The predicted octanol–water partition coefficient (Wildman–Crippen LogP) is 16.9. The Morgan fingerprint density at radius 1 is 0.642 bits per heavy atom. The maximum atomic E-state index is 15.7. The highest BCUT2D eigenvalue weighted by molar-refractivity contribution is 7.99. The van der Waals surface area contributed by atoms with Gasteiger partial charge in [-0.05, 0) is 253 Å². The van der Waals surface area contributed by atoms with Crippen LogP contribution in [0.3, 0.4) is 0 Å². The Kier molecular flexibility index (Phi) is 14.9. The Labute approximate surface area is 497 Å². The summed E-state index contributed by atoms with van der Waals surface area (Å²) in [6, 6.07) is 1.32. The van der Waals surface area contributed by atoms with Crippen molar-refractivity contribution in [2.24, 2.45) is 75.4 Å². The molecule has 20 atom stereocenters. The zero-order valence-electron chi connectivity index (χ0n) is 51.3. The van der Waals surface area contributed by atoms with Gasteiger partial charge < -0.3 is 19.3 Å². The molecule has 0 aromatic carbocycles. The number of allylic oxidation sites excluding steroid dienone is 9. The topological polar surface area (TPSA) is 24.9 Å². The first-order valence-corrected chi connectivity index (χ1v) is 38.0. The van der Waals surface area contributed by atoms with E-state index in [1.165, 1.54) is 115 Å². The van der Waals surface area contributed by atoms with Gasteiger partial charge in [-0.3, -0.25) is 0 Å². The van der Waals surface area contributed by atoms with Gasteiger partial charge in [0.2, 0.25) is 0 Å². The Hall–Kier alpha value is -1.66. The van der Waals surface area contributed by atoms with E-state index in [0.29, 0.717) is 137 Å². The number of alkyl halides is 2. The van der Waals surface area contributed by atoms with E-state index in [4.69, 9.17) is 9.47 Å². The van der Waals surface area contributed by atoms with E-state index >= 15 is 8.78 Å². The molecule has 444 valence electrons. The Bertz CT molecular complexity index is 2630. The fraction of sp³-hybridized carbons (Fsp3) is 0.836. The van der Waals surface area contributed by atoms with Crippen molar-refractivity contribution in [3.8, 4) is 11.8 Å². The minimum atomic E-state index is -0.694. The van der Waals surface area contributed by atoms with Gasteiger partial charge >= 0.3 is 0 Å². The van der Waals surface area contributed by atoms with Crippen LogP contribution in [0.25, 0.3) is 0 Å². The summed E-state index contributed by atoms with van der Waals surface area (Å²) in [4.78, 5) is 6.13. The highest BCUT2D eigenvalue weighted by atomic mass is 32.2. The van der Waals surface area contributed by atoms with Crippen LogP contribution in [0.4, 0.5) is 8.78 Å². The zero-order valence-corrected chi connectivity index (χ0v) is 52.9. The Morgan fingerprint density at radius 2 is 1.32 bits per heavy atom. The highest BCUT2D eigenvalue weighted by Crippen LogP contribution is 2.77. The van der Waals surface area contributed by atoms with Crippen molar-refractivity contribution >= 4 is 22.7 Å². The quantitative estimate of drug-likeness (QED) is 0.178. The molecule has 0 bridgehead atoms. The number of halogens is 2. The van der Waals surface area contributed by atoms with Crippen LogP contribution < -0.4 is 0 Å². The second-order valence-electron chi connectivity index (χ2n) is 31.4. The molecule has 1 spiro atoms. The summed E-state index contributed by atoms with van der Waals surface area (Å²) in [6.07, 6.45) is 51.1. The molecule has 15 rings (SSSR count). The van der Waals surface area contributed by atoms with Crippen LogP contribution in [0.15, 0.2) is 58.0 Å². The summed E-state index contributed by atoms with van der Waals surface area (Å²) in [5.74, 6) is 13.9. The lowest BCUT2D eigenvalue weighted by atomic mass is 9.38. The molecule has 0 N–H and O–H groups in total. The molecule has 4 nitrogen and oxygen atoms in total. The molecule has 0 aromatic heterocycles. The predicted molar refractivity (Wildman–Crippen MR) is 332 cm³/mol. The van der Waals surface area contributed by atoms with Crippen molar-refractivity contribution in [3.05, 3.63) is 58.0 Å². The minimum Gasteiger partial charge on any atom is -0.371 e. The summed E-state index contributed by atoms with van der Waals surface area (Å²) >= 11 is 2.07. The van der Waals surface area contributed by atoms with Gasteiger partial charge in [0.15, 0.2) is 0 Å². The maximum Gasteiger partial charge on any atom is 0.143 e. The van der Waals surface area contributed by atoms with E-state index in [9.17, 15) is 0 Å². The molecule has 10 fully saturated rings. The van der Waals surface area contributed by atoms with Crippen LogP contribution in [-0.2, 0) is 20.4 Å². The molecule has 0 amide bonds. The van der Waals surface area contributed by atoms with Crippen LogP contribution in [0.1, 0.15) is 214 Å². The largest absolute Gasteiger partial charge is 0.371 e. The van der Waals surface area contributed by atoms with Crippen LogP contribution in [0.2, 0.25) is 0 Å². The summed E-state index contributed by atoms with van der Waals surface area (Å²) in [5.41, 5.74) is 9.98. The van der Waals surface area contributed by atoms with E-state index in [1.54, 1.807) is 28.0 Å². The lowest BCUT2D eigenvalue weighted by molar-refractivity contribution is -0.103. The fourth-order valence-electron chi connectivity index (χ4n) is 24.2. The average molecular weight is 1140 g/mol. The van der Waals surface area contributed by atoms with Crippen molar-refractivity contribution in [2.45, 2.75) is 285 Å². The summed E-state index contributed by atoms with van der Waals surface area (Å²) < 4.78 is 46.8. The lowest BCUT2D eigenvalue weighted by Gasteiger charge is -2.65. The number of rotatable bonds is 8. The molecule has 81 heavy (non-hydrogen) atoms. The Morgan fingerprint density at radius 3 is 2.07 bits per heavy atom. The second kappa shape index (κ2) is 21.6. The van der Waals surface area contributed by atoms with Crippen LogP contribution in [0, 0.1) is 87.3 Å². The maximum absolute atomic E-state index is 15.7. The molecular formula is C73H105F2N2O2S2+. The molecule has 8 heteroatoms. The van der Waals surface area contributed by atoms with Crippen LogP contribution >= 0.6 is 11.8 Å². The molecular weight excluding hydrogens is 1040 g/mol. The van der Waals surface area contributed by atoms with Crippen molar-refractivity contribution in [3.63, 3.8) is 0 Å². The number of hydrogen-bond acceptors (Lipinski definition) is 5. The van der Waals surface area contributed by atoms with Crippen LogP contribution in [0.5, 0.6) is 0 Å². The van der Waals surface area contributed by atoms with Gasteiger partial charge in [0.25, 0.3) is 0 Å². The summed E-state index contributed by atoms with van der Waals surface area (Å²) in [5, 5.41) is 1.27. The molecule has 20 unspecified atom stereocenters. The van der Waals surface area contributed by atoms with Crippen molar-refractivity contribution in [1.82, 2.24) is 9.80 Å². The third-order valence-electron chi connectivity index (χ3n) is 27.6. The first-order valence-electron chi connectivity index (χ1n) is 34.6. The van der Waals surface area contributed by atoms with Gasteiger partial charge in [-0.15, -0.1) is 5.92 Å². The van der Waals surface area contributed by atoms with Crippen molar-refractivity contribution in [1.29, 1.82) is 0 Å². The van der Waals surface area contributed by atoms with Gasteiger partial charge in [0, 0.05) is 57.8 Å². The molecule has 2 heterocycles. The fourth-order valence-corrected chi connectivity index (χ4v) is 26.6. The molecule has 8 saturated carbocycles. The smallest absolute Gasteiger partial charge is 0.143 e. The lowest BCUT2D eigenvalue weighted by Crippen LogP contribution is -2.60. The molecule has 0 aromatic rings. The molecule has 2 aliphatic heterocycles. The highest BCUT2D eigenvalue weighted by Gasteiger charge is 2.70.